The van der Waals surface area contributed by atoms with Crippen LogP contribution in [0.3, 0.4) is 0 Å². The van der Waals surface area contributed by atoms with E-state index in [4.69, 9.17) is 5.11 Å². The summed E-state index contributed by atoms with van der Waals surface area (Å²) in [7, 11) is 0. The number of aliphatic hydroxyl groups is 1. The topological polar surface area (TPSA) is 55.1 Å². The van der Waals surface area contributed by atoms with Crippen molar-refractivity contribution in [3.05, 3.63) is 38.9 Å². The van der Waals surface area contributed by atoms with Crippen molar-refractivity contribution in [1.29, 1.82) is 0 Å². The molecule has 2 heterocycles. The Labute approximate surface area is 106 Å². The van der Waals surface area contributed by atoms with E-state index in [0.717, 1.165) is 10.3 Å². The molecule has 0 saturated heterocycles. The molecular weight excluding hydrogens is 284 g/mol. The number of halogens is 1. The molecule has 1 atom stereocenters. The minimum Gasteiger partial charge on any atom is -0.396 e. The molecule has 0 fully saturated rings. The van der Waals surface area contributed by atoms with Crippen LogP contribution in [0.5, 0.6) is 0 Å². The first-order valence-electron chi connectivity index (χ1n) is 5.49. The van der Waals surface area contributed by atoms with Crippen LogP contribution in [0.2, 0.25) is 0 Å². The number of nitrogens with zero attached hydrogens (tertiary/aromatic N) is 2. The van der Waals surface area contributed by atoms with Gasteiger partial charge in [0.15, 0.2) is 0 Å². The molecule has 0 aliphatic carbocycles. The molecule has 1 aromatic carbocycles. The van der Waals surface area contributed by atoms with Gasteiger partial charge in [-0.1, -0.05) is 15.9 Å². The van der Waals surface area contributed by atoms with Crippen molar-refractivity contribution >= 4 is 26.8 Å². The Kier molecular flexibility index (Phi) is 2.52. The van der Waals surface area contributed by atoms with E-state index in [2.05, 4.69) is 20.9 Å². The minimum atomic E-state index is -0.00606. The van der Waals surface area contributed by atoms with Crippen LogP contribution in [0.15, 0.2) is 27.5 Å². The molecule has 2 aromatic rings. The smallest absolute Gasteiger partial charge is 0.261 e. The second-order valence-electron chi connectivity index (χ2n) is 4.36. The van der Waals surface area contributed by atoms with Gasteiger partial charge in [0, 0.05) is 30.0 Å². The zero-order valence-electron chi connectivity index (χ0n) is 9.06. The van der Waals surface area contributed by atoms with Gasteiger partial charge in [0.25, 0.3) is 5.56 Å². The van der Waals surface area contributed by atoms with Crippen LogP contribution in [0.25, 0.3) is 10.9 Å². The zero-order valence-corrected chi connectivity index (χ0v) is 10.6. The summed E-state index contributed by atoms with van der Waals surface area (Å²) in [5.41, 5.74) is 0.711. The lowest BCUT2D eigenvalue weighted by molar-refractivity contribution is 0.224. The minimum absolute atomic E-state index is 0.00606. The van der Waals surface area contributed by atoms with Crippen LogP contribution in [0.4, 0.5) is 0 Å². The predicted molar refractivity (Wildman–Crippen MR) is 68.0 cm³/mol. The van der Waals surface area contributed by atoms with Gasteiger partial charge in [0.2, 0.25) is 0 Å². The second kappa shape index (κ2) is 3.92. The first kappa shape index (κ1) is 10.9. The molecule has 4 nitrogen and oxygen atoms in total. The highest BCUT2D eigenvalue weighted by molar-refractivity contribution is 9.10. The van der Waals surface area contributed by atoms with Crippen LogP contribution >= 0.6 is 15.9 Å². The number of benzene rings is 1. The molecule has 0 saturated carbocycles. The molecule has 1 unspecified atom stereocenters. The lowest BCUT2D eigenvalue weighted by Gasteiger charge is -2.04. The molecule has 1 aromatic heterocycles. The Balaban J connectivity index is 2.27. The molecule has 5 heteroatoms. The largest absolute Gasteiger partial charge is 0.396 e. The molecule has 1 N–H and O–H groups in total. The third-order valence-corrected chi connectivity index (χ3v) is 3.66. The predicted octanol–water partition coefficient (Wildman–Crippen LogP) is 1.32. The molecule has 88 valence electrons. The molecule has 0 bridgehead atoms. The molecule has 1 aliphatic heterocycles. The third kappa shape index (κ3) is 1.70. The summed E-state index contributed by atoms with van der Waals surface area (Å²) in [6, 6.07) is 5.48. The van der Waals surface area contributed by atoms with Gasteiger partial charge in [-0.15, -0.1) is 0 Å². The maximum atomic E-state index is 12.2. The molecular formula is C12H11BrN2O2. The van der Waals surface area contributed by atoms with Gasteiger partial charge in [-0.2, -0.15) is 0 Å². The van der Waals surface area contributed by atoms with Crippen molar-refractivity contribution in [2.45, 2.75) is 13.0 Å². The SMILES string of the molecule is O=c1c2ccc(Br)cc2nc2n1CC(CO)C2. The number of aliphatic hydroxyl groups excluding tert-OH is 1. The van der Waals surface area contributed by atoms with E-state index in [1.165, 1.54) is 0 Å². The number of hydrogen-bond acceptors (Lipinski definition) is 3. The lowest BCUT2D eigenvalue weighted by atomic mass is 10.1. The van der Waals surface area contributed by atoms with Crippen LogP contribution in [-0.2, 0) is 13.0 Å². The number of fused-ring (bicyclic) bond motifs is 2. The average Bonchev–Trinajstić information content (AvgIpc) is 2.72. The van der Waals surface area contributed by atoms with Gasteiger partial charge in [-0.3, -0.25) is 9.36 Å². The summed E-state index contributed by atoms with van der Waals surface area (Å²) >= 11 is 3.37. The molecule has 1 aliphatic rings. The highest BCUT2D eigenvalue weighted by Crippen LogP contribution is 2.21. The van der Waals surface area contributed by atoms with Crippen molar-refractivity contribution in [2.24, 2.45) is 5.92 Å². The van der Waals surface area contributed by atoms with Crippen LogP contribution in [0.1, 0.15) is 5.82 Å². The van der Waals surface area contributed by atoms with Crippen molar-refractivity contribution in [1.82, 2.24) is 9.55 Å². The number of aromatic nitrogens is 2. The summed E-state index contributed by atoms with van der Waals surface area (Å²) < 4.78 is 2.59. The summed E-state index contributed by atoms with van der Waals surface area (Å²) in [5, 5.41) is 9.79. The molecule has 17 heavy (non-hydrogen) atoms. The fourth-order valence-electron chi connectivity index (χ4n) is 2.29. The average molecular weight is 295 g/mol. The highest BCUT2D eigenvalue weighted by atomic mass is 79.9. The van der Waals surface area contributed by atoms with Gasteiger partial charge in [0.05, 0.1) is 10.9 Å². The summed E-state index contributed by atoms with van der Waals surface area (Å²) in [6.45, 7) is 0.673. The number of rotatable bonds is 1. The maximum absolute atomic E-state index is 12.2. The second-order valence-corrected chi connectivity index (χ2v) is 5.27. The molecule has 3 rings (SSSR count). The third-order valence-electron chi connectivity index (χ3n) is 3.17. The van der Waals surface area contributed by atoms with E-state index < -0.39 is 0 Å². The zero-order chi connectivity index (χ0) is 12.0. The van der Waals surface area contributed by atoms with E-state index in [1.807, 2.05) is 12.1 Å². The van der Waals surface area contributed by atoms with E-state index in [0.29, 0.717) is 23.9 Å². The first-order valence-corrected chi connectivity index (χ1v) is 6.28. The van der Waals surface area contributed by atoms with E-state index in [-0.39, 0.29) is 18.1 Å². The summed E-state index contributed by atoms with van der Waals surface area (Å²) in [6.07, 6.45) is 0.675. The fraction of sp³-hybridized carbons (Fsp3) is 0.333. The summed E-state index contributed by atoms with van der Waals surface area (Å²) in [4.78, 5) is 16.7. The van der Waals surface area contributed by atoms with Gasteiger partial charge >= 0.3 is 0 Å². The van der Waals surface area contributed by atoms with Crippen LogP contribution in [-0.4, -0.2) is 21.3 Å². The monoisotopic (exact) mass is 294 g/mol. The molecule has 0 radical (unpaired) electrons. The van der Waals surface area contributed by atoms with Crippen LogP contribution in [0, 0.1) is 5.92 Å². The number of hydrogen-bond donors (Lipinski definition) is 1. The van der Waals surface area contributed by atoms with Gasteiger partial charge in [-0.25, -0.2) is 4.98 Å². The quantitative estimate of drug-likeness (QED) is 0.863. The van der Waals surface area contributed by atoms with Gasteiger partial charge in [-0.05, 0) is 18.2 Å². The van der Waals surface area contributed by atoms with Crippen molar-refractivity contribution in [3.63, 3.8) is 0 Å². The van der Waals surface area contributed by atoms with Crippen LogP contribution < -0.4 is 5.56 Å². The summed E-state index contributed by atoms with van der Waals surface area (Å²) in [5.74, 6) is 0.898. The Hall–Kier alpha value is -1.20. The Morgan fingerprint density at radius 3 is 3.12 bits per heavy atom. The molecule has 0 spiro atoms. The van der Waals surface area contributed by atoms with Gasteiger partial charge < -0.3 is 5.11 Å². The Bertz CT molecular complexity index is 651. The van der Waals surface area contributed by atoms with Crippen molar-refractivity contribution in [2.75, 3.05) is 6.61 Å². The lowest BCUT2D eigenvalue weighted by Crippen LogP contribution is -2.21. The normalized spacial score (nSPS) is 18.6. The Morgan fingerprint density at radius 1 is 1.53 bits per heavy atom. The van der Waals surface area contributed by atoms with E-state index >= 15 is 0 Å². The first-order chi connectivity index (χ1) is 8.19. The van der Waals surface area contributed by atoms with Crippen molar-refractivity contribution in [3.8, 4) is 0 Å². The van der Waals surface area contributed by atoms with Crippen molar-refractivity contribution < 1.29 is 5.11 Å². The van der Waals surface area contributed by atoms with Gasteiger partial charge in [0.1, 0.15) is 5.82 Å². The van der Waals surface area contributed by atoms with E-state index in [9.17, 15) is 4.79 Å². The molecule has 0 amide bonds. The van der Waals surface area contributed by atoms with E-state index in [1.54, 1.807) is 10.6 Å². The standard InChI is InChI=1S/C12H11BrN2O2/c13-8-1-2-9-10(4-8)14-11-3-7(6-16)5-15(11)12(9)17/h1-2,4,7,16H,3,5-6H2. The Morgan fingerprint density at radius 2 is 2.35 bits per heavy atom. The highest BCUT2D eigenvalue weighted by Gasteiger charge is 2.23. The fourth-order valence-corrected chi connectivity index (χ4v) is 2.64. The maximum Gasteiger partial charge on any atom is 0.261 e.